The minimum absolute atomic E-state index is 0.978. The largest absolute Gasteiger partial charge is 0.362 e. The molecule has 4 heteroatoms. The molecule has 1 aromatic carbocycles. The van der Waals surface area contributed by atoms with E-state index in [0.717, 1.165) is 22.6 Å². The number of halogens is 1. The number of nitrogens with zero attached hydrogens (tertiary/aromatic N) is 1. The van der Waals surface area contributed by atoms with Crippen LogP contribution in [-0.4, -0.2) is 11.5 Å². The van der Waals surface area contributed by atoms with Gasteiger partial charge in [-0.3, -0.25) is 0 Å². The summed E-state index contributed by atoms with van der Waals surface area (Å²) in [5.41, 5.74) is 2.48. The van der Waals surface area contributed by atoms with Gasteiger partial charge in [0.05, 0.1) is 4.88 Å². The standard InChI is InChI=1S/C13H15BrN2S/c1-3-6-15-13-16-8-12(17-13)10-4-5-11(14)9(2)7-10/h4-5,7-8H,3,6H2,1-2H3,(H,15,16). The summed E-state index contributed by atoms with van der Waals surface area (Å²) >= 11 is 5.22. The summed E-state index contributed by atoms with van der Waals surface area (Å²) < 4.78 is 1.15. The van der Waals surface area contributed by atoms with Crippen molar-refractivity contribution in [3.05, 3.63) is 34.4 Å². The molecule has 2 nitrogen and oxygen atoms in total. The Hall–Kier alpha value is -0.870. The van der Waals surface area contributed by atoms with Crippen LogP contribution in [0.2, 0.25) is 0 Å². The van der Waals surface area contributed by atoms with E-state index in [2.05, 4.69) is 58.3 Å². The zero-order valence-electron chi connectivity index (χ0n) is 9.96. The van der Waals surface area contributed by atoms with Gasteiger partial charge in [-0.25, -0.2) is 4.98 Å². The monoisotopic (exact) mass is 310 g/mol. The molecule has 0 atom stereocenters. The maximum atomic E-state index is 4.38. The molecule has 2 aromatic rings. The summed E-state index contributed by atoms with van der Waals surface area (Å²) in [7, 11) is 0. The molecule has 0 amide bonds. The summed E-state index contributed by atoms with van der Waals surface area (Å²) in [4.78, 5) is 5.59. The van der Waals surface area contributed by atoms with Gasteiger partial charge in [0.2, 0.25) is 0 Å². The molecule has 0 radical (unpaired) electrons. The molecule has 0 saturated heterocycles. The second-order valence-corrected chi connectivity index (χ2v) is 5.81. The van der Waals surface area contributed by atoms with E-state index in [0.29, 0.717) is 0 Å². The minimum Gasteiger partial charge on any atom is -0.362 e. The van der Waals surface area contributed by atoms with E-state index in [9.17, 15) is 0 Å². The maximum Gasteiger partial charge on any atom is 0.183 e. The predicted molar refractivity (Wildman–Crippen MR) is 78.8 cm³/mol. The normalized spacial score (nSPS) is 10.5. The first-order chi connectivity index (χ1) is 8.20. The van der Waals surface area contributed by atoms with Crippen LogP contribution >= 0.6 is 27.3 Å². The van der Waals surface area contributed by atoms with Crippen LogP contribution in [0, 0.1) is 6.92 Å². The average molecular weight is 311 g/mol. The van der Waals surface area contributed by atoms with Crippen LogP contribution in [0.3, 0.4) is 0 Å². The highest BCUT2D eigenvalue weighted by Gasteiger charge is 2.05. The van der Waals surface area contributed by atoms with Gasteiger partial charge in [0.1, 0.15) is 0 Å². The molecule has 0 fully saturated rings. The van der Waals surface area contributed by atoms with Gasteiger partial charge in [0.15, 0.2) is 5.13 Å². The number of benzene rings is 1. The number of anilines is 1. The van der Waals surface area contributed by atoms with Crippen LogP contribution < -0.4 is 5.32 Å². The van der Waals surface area contributed by atoms with Crippen molar-refractivity contribution in [2.45, 2.75) is 20.3 Å². The first kappa shape index (κ1) is 12.6. The SMILES string of the molecule is CCCNc1ncc(-c2ccc(Br)c(C)c2)s1. The third-order valence-corrected chi connectivity index (χ3v) is 4.37. The van der Waals surface area contributed by atoms with Crippen molar-refractivity contribution in [1.82, 2.24) is 4.98 Å². The first-order valence-corrected chi connectivity index (χ1v) is 7.28. The van der Waals surface area contributed by atoms with Gasteiger partial charge in [0, 0.05) is 17.2 Å². The van der Waals surface area contributed by atoms with Crippen LogP contribution in [0.5, 0.6) is 0 Å². The molecule has 0 aliphatic carbocycles. The van der Waals surface area contributed by atoms with Gasteiger partial charge >= 0.3 is 0 Å². The molecular weight excluding hydrogens is 296 g/mol. The summed E-state index contributed by atoms with van der Waals surface area (Å²) in [5.74, 6) is 0. The highest BCUT2D eigenvalue weighted by Crippen LogP contribution is 2.31. The number of rotatable bonds is 4. The van der Waals surface area contributed by atoms with E-state index in [-0.39, 0.29) is 0 Å². The third kappa shape index (κ3) is 3.07. The Morgan fingerprint density at radius 3 is 2.94 bits per heavy atom. The van der Waals surface area contributed by atoms with Gasteiger partial charge in [-0.1, -0.05) is 40.3 Å². The third-order valence-electron chi connectivity index (χ3n) is 2.47. The predicted octanol–water partition coefficient (Wildman–Crippen LogP) is 4.70. The zero-order valence-corrected chi connectivity index (χ0v) is 12.4. The molecule has 0 aliphatic rings. The van der Waals surface area contributed by atoms with Crippen LogP contribution in [0.1, 0.15) is 18.9 Å². The highest BCUT2D eigenvalue weighted by atomic mass is 79.9. The fraction of sp³-hybridized carbons (Fsp3) is 0.308. The van der Waals surface area contributed by atoms with Gasteiger partial charge in [-0.15, -0.1) is 0 Å². The molecule has 17 heavy (non-hydrogen) atoms. The van der Waals surface area contributed by atoms with Crippen molar-refractivity contribution in [2.75, 3.05) is 11.9 Å². The van der Waals surface area contributed by atoms with E-state index in [1.165, 1.54) is 16.0 Å². The van der Waals surface area contributed by atoms with Gasteiger partial charge in [-0.05, 0) is 36.6 Å². The molecule has 1 N–H and O–H groups in total. The van der Waals surface area contributed by atoms with Crippen molar-refractivity contribution in [3.8, 4) is 10.4 Å². The Morgan fingerprint density at radius 1 is 1.41 bits per heavy atom. The topological polar surface area (TPSA) is 24.9 Å². The zero-order chi connectivity index (χ0) is 12.3. The molecule has 2 rings (SSSR count). The van der Waals surface area contributed by atoms with E-state index in [1.54, 1.807) is 11.3 Å². The first-order valence-electron chi connectivity index (χ1n) is 5.67. The number of aryl methyl sites for hydroxylation is 1. The van der Waals surface area contributed by atoms with Crippen molar-refractivity contribution >= 4 is 32.4 Å². The van der Waals surface area contributed by atoms with Crippen LogP contribution in [0.4, 0.5) is 5.13 Å². The lowest BCUT2D eigenvalue weighted by Gasteiger charge is -2.01. The molecule has 0 aliphatic heterocycles. The van der Waals surface area contributed by atoms with Crippen LogP contribution in [0.25, 0.3) is 10.4 Å². The Bertz CT molecular complexity index is 508. The van der Waals surface area contributed by atoms with Crippen molar-refractivity contribution < 1.29 is 0 Å². The Labute approximate surface area is 114 Å². The van der Waals surface area contributed by atoms with Gasteiger partial charge < -0.3 is 5.32 Å². The Kier molecular flexibility index (Phi) is 4.18. The van der Waals surface area contributed by atoms with E-state index >= 15 is 0 Å². The average Bonchev–Trinajstić information content (AvgIpc) is 2.79. The molecule has 0 unspecified atom stereocenters. The fourth-order valence-electron chi connectivity index (χ4n) is 1.52. The van der Waals surface area contributed by atoms with Gasteiger partial charge in [0.25, 0.3) is 0 Å². The molecule has 1 aromatic heterocycles. The van der Waals surface area contributed by atoms with Crippen LogP contribution in [0.15, 0.2) is 28.9 Å². The molecule has 0 bridgehead atoms. The van der Waals surface area contributed by atoms with E-state index < -0.39 is 0 Å². The number of aromatic nitrogens is 1. The van der Waals surface area contributed by atoms with E-state index in [1.807, 2.05) is 6.20 Å². The number of thiazole rings is 1. The number of hydrogen-bond acceptors (Lipinski definition) is 3. The lowest BCUT2D eigenvalue weighted by Crippen LogP contribution is -1.97. The molecule has 90 valence electrons. The van der Waals surface area contributed by atoms with Crippen molar-refractivity contribution in [3.63, 3.8) is 0 Å². The fourth-order valence-corrected chi connectivity index (χ4v) is 2.60. The number of nitrogens with one attached hydrogen (secondary N) is 1. The maximum absolute atomic E-state index is 4.38. The summed E-state index contributed by atoms with van der Waals surface area (Å²) in [6, 6.07) is 6.39. The number of hydrogen-bond donors (Lipinski definition) is 1. The smallest absolute Gasteiger partial charge is 0.183 e. The second kappa shape index (κ2) is 5.65. The van der Waals surface area contributed by atoms with E-state index in [4.69, 9.17) is 0 Å². The quantitative estimate of drug-likeness (QED) is 0.885. The lowest BCUT2D eigenvalue weighted by molar-refractivity contribution is 0.976. The Morgan fingerprint density at radius 2 is 2.24 bits per heavy atom. The molecule has 0 saturated carbocycles. The lowest BCUT2D eigenvalue weighted by atomic mass is 10.1. The van der Waals surface area contributed by atoms with Crippen molar-refractivity contribution in [1.29, 1.82) is 0 Å². The second-order valence-electron chi connectivity index (χ2n) is 3.92. The van der Waals surface area contributed by atoms with Gasteiger partial charge in [-0.2, -0.15) is 0 Å². The van der Waals surface area contributed by atoms with Crippen LogP contribution in [-0.2, 0) is 0 Å². The minimum atomic E-state index is 0.978. The summed E-state index contributed by atoms with van der Waals surface area (Å²) in [6.45, 7) is 5.23. The summed E-state index contributed by atoms with van der Waals surface area (Å²) in [6.07, 6.45) is 3.05. The molecule has 1 heterocycles. The molecule has 0 spiro atoms. The summed E-state index contributed by atoms with van der Waals surface area (Å²) in [5, 5.41) is 4.31. The highest BCUT2D eigenvalue weighted by molar-refractivity contribution is 9.10. The Balaban J connectivity index is 2.21. The van der Waals surface area contributed by atoms with Crippen molar-refractivity contribution in [2.24, 2.45) is 0 Å². The molecular formula is C13H15BrN2S.